The van der Waals surface area contributed by atoms with Gasteiger partial charge in [0.05, 0.1) is 11.7 Å². The van der Waals surface area contributed by atoms with Gasteiger partial charge < -0.3 is 4.90 Å². The van der Waals surface area contributed by atoms with E-state index >= 15 is 0 Å². The number of hydrogen-bond donors (Lipinski definition) is 0. The van der Waals surface area contributed by atoms with Gasteiger partial charge in [-0.25, -0.2) is 9.67 Å². The fraction of sp³-hybridized carbons (Fsp3) is 0.364. The number of rotatable bonds is 5. The fourth-order valence-electron chi connectivity index (χ4n) is 3.88. The predicted molar refractivity (Wildman–Crippen MR) is 112 cm³/mol. The Bertz CT molecular complexity index is 997. The van der Waals surface area contributed by atoms with Gasteiger partial charge in [-0.2, -0.15) is 5.10 Å². The minimum Gasteiger partial charge on any atom is -0.332 e. The first-order valence-electron chi connectivity index (χ1n) is 9.86. The van der Waals surface area contributed by atoms with Crippen molar-refractivity contribution in [3.8, 4) is 0 Å². The first-order valence-corrected chi connectivity index (χ1v) is 10.2. The molecule has 0 unspecified atom stereocenters. The van der Waals surface area contributed by atoms with Crippen LogP contribution in [-0.2, 0) is 17.8 Å². The van der Waals surface area contributed by atoms with E-state index in [-0.39, 0.29) is 18.5 Å². The monoisotopic (exact) mass is 409 g/mol. The normalized spacial score (nSPS) is 16.4. The number of nitrogens with zero attached hydrogens (tertiary/aromatic N) is 5. The summed E-state index contributed by atoms with van der Waals surface area (Å²) in [5, 5.41) is 5.05. The Hall–Kier alpha value is -2.73. The molecule has 0 radical (unpaired) electrons. The summed E-state index contributed by atoms with van der Waals surface area (Å²) < 4.78 is 1.68. The first kappa shape index (κ1) is 19.6. The van der Waals surface area contributed by atoms with Crippen LogP contribution in [0.5, 0.6) is 0 Å². The molecule has 4 rings (SSSR count). The molecule has 1 aromatic carbocycles. The summed E-state index contributed by atoms with van der Waals surface area (Å²) in [6.07, 6.45) is 4.64. The van der Waals surface area contributed by atoms with E-state index in [1.807, 2.05) is 55.3 Å². The number of aryl methyl sites for hydroxylation is 2. The Balaban J connectivity index is 1.44. The molecule has 1 amide bonds. The van der Waals surface area contributed by atoms with E-state index in [2.05, 4.69) is 21.1 Å². The van der Waals surface area contributed by atoms with Crippen LogP contribution in [0, 0.1) is 13.8 Å². The third-order valence-electron chi connectivity index (χ3n) is 5.33. The van der Waals surface area contributed by atoms with Gasteiger partial charge in [-0.1, -0.05) is 29.8 Å². The van der Waals surface area contributed by atoms with Crippen molar-refractivity contribution in [3.63, 3.8) is 0 Å². The zero-order chi connectivity index (χ0) is 20.4. The number of halogens is 1. The number of aromatic nitrogens is 4. The molecule has 3 heterocycles. The number of pyridine rings is 1. The first-order chi connectivity index (χ1) is 14.0. The summed E-state index contributed by atoms with van der Waals surface area (Å²) in [6.45, 7) is 4.68. The maximum absolute atomic E-state index is 12.9. The van der Waals surface area contributed by atoms with Crippen LogP contribution in [0.1, 0.15) is 47.4 Å². The zero-order valence-electron chi connectivity index (χ0n) is 16.7. The average molecular weight is 410 g/mol. The lowest BCUT2D eigenvalue weighted by Gasteiger charge is -2.24. The summed E-state index contributed by atoms with van der Waals surface area (Å²) in [4.78, 5) is 23.8. The number of carbonyl (C=O) groups excluding carboxylic acids is 1. The molecule has 2 aromatic heterocycles. The van der Waals surface area contributed by atoms with Gasteiger partial charge in [0.1, 0.15) is 18.2 Å². The molecule has 7 heteroatoms. The third kappa shape index (κ3) is 4.48. The van der Waals surface area contributed by atoms with Crippen LogP contribution < -0.4 is 0 Å². The number of amides is 1. The highest BCUT2D eigenvalue weighted by atomic mass is 35.5. The van der Waals surface area contributed by atoms with E-state index in [0.717, 1.165) is 47.9 Å². The molecule has 1 saturated heterocycles. The van der Waals surface area contributed by atoms with Gasteiger partial charge in [-0.3, -0.25) is 9.78 Å². The molecule has 6 nitrogen and oxygen atoms in total. The Morgan fingerprint density at radius 3 is 2.55 bits per heavy atom. The standard InChI is InChI=1S/C22H24ClN5O/c1-15-25-16(2)28(26-15)14-22(29)27-11-3-4-21(27)20-10-7-18(13-24-20)12-17-5-8-19(23)9-6-17/h5-10,13,21H,3-4,11-12,14H2,1-2H3/t21-/m1/s1. The van der Waals surface area contributed by atoms with Crippen LogP contribution in [0.2, 0.25) is 5.02 Å². The topological polar surface area (TPSA) is 63.9 Å². The Labute approximate surface area is 175 Å². The van der Waals surface area contributed by atoms with Crippen molar-refractivity contribution in [3.05, 3.63) is 76.1 Å². The fourth-order valence-corrected chi connectivity index (χ4v) is 4.00. The average Bonchev–Trinajstić information content (AvgIpc) is 3.31. The van der Waals surface area contributed by atoms with Gasteiger partial charge in [0, 0.05) is 17.8 Å². The van der Waals surface area contributed by atoms with Crippen molar-refractivity contribution in [2.24, 2.45) is 0 Å². The molecular formula is C22H24ClN5O. The van der Waals surface area contributed by atoms with Crippen LogP contribution in [0.4, 0.5) is 0 Å². The van der Waals surface area contributed by atoms with Crippen LogP contribution >= 0.6 is 11.6 Å². The molecule has 0 aliphatic carbocycles. The van der Waals surface area contributed by atoms with Crippen molar-refractivity contribution in [1.29, 1.82) is 0 Å². The number of benzene rings is 1. The van der Waals surface area contributed by atoms with E-state index in [0.29, 0.717) is 5.82 Å². The largest absolute Gasteiger partial charge is 0.332 e. The third-order valence-corrected chi connectivity index (χ3v) is 5.58. The molecule has 1 aliphatic heterocycles. The minimum atomic E-state index is 0.0250. The van der Waals surface area contributed by atoms with Crippen molar-refractivity contribution in [1.82, 2.24) is 24.6 Å². The van der Waals surface area contributed by atoms with Crippen LogP contribution in [0.3, 0.4) is 0 Å². The molecular weight excluding hydrogens is 386 g/mol. The summed E-state index contributed by atoms with van der Waals surface area (Å²) in [5.41, 5.74) is 3.28. The maximum atomic E-state index is 12.9. The van der Waals surface area contributed by atoms with E-state index in [1.54, 1.807) is 4.68 Å². The van der Waals surface area contributed by atoms with Gasteiger partial charge in [-0.15, -0.1) is 0 Å². The highest BCUT2D eigenvalue weighted by Crippen LogP contribution is 2.31. The molecule has 1 aliphatic rings. The molecule has 29 heavy (non-hydrogen) atoms. The lowest BCUT2D eigenvalue weighted by atomic mass is 10.0. The van der Waals surface area contributed by atoms with Crippen molar-refractivity contribution >= 4 is 17.5 Å². The van der Waals surface area contributed by atoms with Gasteiger partial charge in [-0.05, 0) is 62.4 Å². The molecule has 1 atom stereocenters. The van der Waals surface area contributed by atoms with Crippen LogP contribution in [0.15, 0.2) is 42.6 Å². The smallest absolute Gasteiger partial charge is 0.244 e. The summed E-state index contributed by atoms with van der Waals surface area (Å²) in [7, 11) is 0. The summed E-state index contributed by atoms with van der Waals surface area (Å²) in [5.74, 6) is 1.51. The number of hydrogen-bond acceptors (Lipinski definition) is 4. The second kappa shape index (κ2) is 8.33. The van der Waals surface area contributed by atoms with E-state index in [9.17, 15) is 4.79 Å². The van der Waals surface area contributed by atoms with Gasteiger partial charge in [0.15, 0.2) is 0 Å². The summed E-state index contributed by atoms with van der Waals surface area (Å²) in [6, 6.07) is 12.0. The molecule has 0 saturated carbocycles. The summed E-state index contributed by atoms with van der Waals surface area (Å²) >= 11 is 5.95. The molecule has 0 bridgehead atoms. The SMILES string of the molecule is Cc1nc(C)n(CC(=O)N2CCC[C@@H]2c2ccc(Cc3ccc(Cl)cc3)cn2)n1. The quantitative estimate of drug-likeness (QED) is 0.641. The van der Waals surface area contributed by atoms with Crippen molar-refractivity contribution < 1.29 is 4.79 Å². The van der Waals surface area contributed by atoms with E-state index in [4.69, 9.17) is 11.6 Å². The maximum Gasteiger partial charge on any atom is 0.244 e. The predicted octanol–water partition coefficient (Wildman–Crippen LogP) is 3.90. The Kier molecular flexibility index (Phi) is 5.62. The van der Waals surface area contributed by atoms with Gasteiger partial charge >= 0.3 is 0 Å². The second-order valence-electron chi connectivity index (χ2n) is 7.50. The highest BCUT2D eigenvalue weighted by molar-refractivity contribution is 6.30. The molecule has 0 N–H and O–H groups in total. The number of carbonyl (C=O) groups is 1. The van der Waals surface area contributed by atoms with Crippen LogP contribution in [-0.4, -0.2) is 37.1 Å². The van der Waals surface area contributed by atoms with E-state index in [1.165, 1.54) is 5.56 Å². The van der Waals surface area contributed by atoms with E-state index < -0.39 is 0 Å². The lowest BCUT2D eigenvalue weighted by molar-refractivity contribution is -0.133. The zero-order valence-corrected chi connectivity index (χ0v) is 17.4. The Morgan fingerprint density at radius 1 is 1.14 bits per heavy atom. The lowest BCUT2D eigenvalue weighted by Crippen LogP contribution is -2.34. The van der Waals surface area contributed by atoms with Crippen molar-refractivity contribution in [2.45, 2.75) is 45.7 Å². The second-order valence-corrected chi connectivity index (χ2v) is 7.94. The van der Waals surface area contributed by atoms with Gasteiger partial charge in [0.25, 0.3) is 0 Å². The molecule has 3 aromatic rings. The van der Waals surface area contributed by atoms with Crippen LogP contribution in [0.25, 0.3) is 0 Å². The minimum absolute atomic E-state index is 0.0250. The van der Waals surface area contributed by atoms with Gasteiger partial charge in [0.2, 0.25) is 5.91 Å². The molecule has 1 fully saturated rings. The number of likely N-dealkylation sites (tertiary alicyclic amines) is 1. The molecule has 150 valence electrons. The molecule has 0 spiro atoms. The Morgan fingerprint density at radius 2 is 1.90 bits per heavy atom. The highest BCUT2D eigenvalue weighted by Gasteiger charge is 2.31. The van der Waals surface area contributed by atoms with Crippen molar-refractivity contribution in [2.75, 3.05) is 6.54 Å².